The average Bonchev–Trinajstić information content (AvgIpc) is 3.39. The number of ether oxygens (including phenoxy) is 1. The maximum Gasteiger partial charge on any atom is 0.276 e. The smallest absolute Gasteiger partial charge is 0.276 e. The number of benzene rings is 2. The van der Waals surface area contributed by atoms with Gasteiger partial charge in [-0.05, 0) is 67.8 Å². The van der Waals surface area contributed by atoms with E-state index in [4.69, 9.17) is 4.74 Å². The van der Waals surface area contributed by atoms with Gasteiger partial charge in [0.05, 0.1) is 5.69 Å². The zero-order chi connectivity index (χ0) is 20.3. The first-order valence-corrected chi connectivity index (χ1v) is 9.93. The lowest BCUT2D eigenvalue weighted by Gasteiger charge is -2.08. The van der Waals surface area contributed by atoms with Crippen LogP contribution in [0.25, 0.3) is 5.69 Å². The molecule has 6 heteroatoms. The van der Waals surface area contributed by atoms with Gasteiger partial charge in [-0.15, -0.1) is 0 Å². The van der Waals surface area contributed by atoms with Crippen molar-refractivity contribution in [3.63, 3.8) is 0 Å². The van der Waals surface area contributed by atoms with Crippen molar-refractivity contribution in [3.8, 4) is 17.2 Å². The number of hydrogen-bond acceptors (Lipinski definition) is 4. The summed E-state index contributed by atoms with van der Waals surface area (Å²) < 4.78 is 7.67. The molecule has 1 N–H and O–H groups in total. The molecule has 0 saturated carbocycles. The molecular formula is C24H20N4O2. The van der Waals surface area contributed by atoms with Crippen LogP contribution < -0.4 is 10.1 Å². The molecule has 1 aliphatic rings. The highest BCUT2D eigenvalue weighted by molar-refractivity contribution is 6.04. The number of carbonyl (C=O) groups is 1. The van der Waals surface area contributed by atoms with Gasteiger partial charge in [-0.1, -0.05) is 18.2 Å². The van der Waals surface area contributed by atoms with Crippen molar-refractivity contribution < 1.29 is 9.53 Å². The van der Waals surface area contributed by atoms with Crippen molar-refractivity contribution in [1.29, 1.82) is 0 Å². The first kappa shape index (κ1) is 18.1. The molecule has 30 heavy (non-hydrogen) atoms. The van der Waals surface area contributed by atoms with Crippen molar-refractivity contribution in [2.24, 2.45) is 0 Å². The summed E-state index contributed by atoms with van der Waals surface area (Å²) in [4.78, 5) is 16.9. The number of nitrogens with one attached hydrogen (secondary N) is 1. The zero-order valence-corrected chi connectivity index (χ0v) is 16.3. The molecule has 1 amide bonds. The fraction of sp³-hybridized carbons (Fsp3) is 0.125. The van der Waals surface area contributed by atoms with Crippen molar-refractivity contribution in [2.45, 2.75) is 19.3 Å². The van der Waals surface area contributed by atoms with Crippen LogP contribution >= 0.6 is 0 Å². The lowest BCUT2D eigenvalue weighted by atomic mass is 10.2. The molecule has 148 valence electrons. The Balaban J connectivity index is 1.35. The standard InChI is InChI=1S/C24H20N4O2/c29-24(26-17-9-11-19(12-10-17)30-20-13-15-25-16-14-20)23-21-7-4-8-22(21)28(27-23)18-5-2-1-3-6-18/h1-3,5-6,9-16H,4,7-8H2,(H,26,29). The number of pyridine rings is 1. The third kappa shape index (κ3) is 3.55. The third-order valence-corrected chi connectivity index (χ3v) is 5.14. The number of amides is 1. The van der Waals surface area contributed by atoms with Gasteiger partial charge in [0, 0.05) is 29.3 Å². The van der Waals surface area contributed by atoms with Crippen LogP contribution in [0, 0.1) is 0 Å². The Morgan fingerprint density at radius 2 is 1.63 bits per heavy atom. The predicted molar refractivity (Wildman–Crippen MR) is 114 cm³/mol. The van der Waals surface area contributed by atoms with E-state index >= 15 is 0 Å². The van der Waals surface area contributed by atoms with Crippen LogP contribution in [-0.4, -0.2) is 20.7 Å². The SMILES string of the molecule is O=C(Nc1ccc(Oc2ccncc2)cc1)c1nn(-c2ccccc2)c2c1CCC2. The van der Waals surface area contributed by atoms with Crippen LogP contribution in [0.5, 0.6) is 11.5 Å². The van der Waals surface area contributed by atoms with Gasteiger partial charge in [0.25, 0.3) is 5.91 Å². The van der Waals surface area contributed by atoms with E-state index in [1.54, 1.807) is 24.5 Å². The van der Waals surface area contributed by atoms with E-state index < -0.39 is 0 Å². The minimum atomic E-state index is -0.189. The van der Waals surface area contributed by atoms with E-state index in [2.05, 4.69) is 15.4 Å². The molecule has 0 unspecified atom stereocenters. The summed E-state index contributed by atoms with van der Waals surface area (Å²) in [5.41, 5.74) is 4.36. The molecule has 2 aromatic heterocycles. The first-order valence-electron chi connectivity index (χ1n) is 9.93. The molecule has 0 fully saturated rings. The molecule has 2 aromatic carbocycles. The summed E-state index contributed by atoms with van der Waals surface area (Å²) in [7, 11) is 0. The highest BCUT2D eigenvalue weighted by Gasteiger charge is 2.27. The second-order valence-corrected chi connectivity index (χ2v) is 7.14. The summed E-state index contributed by atoms with van der Waals surface area (Å²) in [6.07, 6.45) is 6.21. The number of carbonyl (C=O) groups excluding carboxylic acids is 1. The number of hydrogen-bond donors (Lipinski definition) is 1. The number of rotatable bonds is 5. The molecule has 1 aliphatic carbocycles. The third-order valence-electron chi connectivity index (χ3n) is 5.14. The Labute approximate surface area is 174 Å². The van der Waals surface area contributed by atoms with Crippen molar-refractivity contribution in [1.82, 2.24) is 14.8 Å². The largest absolute Gasteiger partial charge is 0.457 e. The maximum atomic E-state index is 13.0. The molecule has 2 heterocycles. The summed E-state index contributed by atoms with van der Waals surface area (Å²) in [6.45, 7) is 0. The molecule has 0 aliphatic heterocycles. The minimum Gasteiger partial charge on any atom is -0.457 e. The summed E-state index contributed by atoms with van der Waals surface area (Å²) in [5.74, 6) is 1.21. The van der Waals surface area contributed by atoms with E-state index in [0.29, 0.717) is 22.9 Å². The van der Waals surface area contributed by atoms with Crippen LogP contribution in [0.2, 0.25) is 0 Å². The highest BCUT2D eigenvalue weighted by Crippen LogP contribution is 2.29. The van der Waals surface area contributed by atoms with Gasteiger partial charge in [0.15, 0.2) is 5.69 Å². The van der Waals surface area contributed by atoms with Gasteiger partial charge in [-0.3, -0.25) is 9.78 Å². The number of fused-ring (bicyclic) bond motifs is 1. The van der Waals surface area contributed by atoms with Gasteiger partial charge in [-0.2, -0.15) is 5.10 Å². The molecule has 0 atom stereocenters. The second-order valence-electron chi connectivity index (χ2n) is 7.14. The predicted octanol–water partition coefficient (Wildman–Crippen LogP) is 4.80. The molecule has 6 nitrogen and oxygen atoms in total. The highest BCUT2D eigenvalue weighted by atomic mass is 16.5. The fourth-order valence-electron chi connectivity index (χ4n) is 3.74. The Kier molecular flexibility index (Phi) is 4.73. The van der Waals surface area contributed by atoms with Crippen LogP contribution in [0.3, 0.4) is 0 Å². The quantitative estimate of drug-likeness (QED) is 0.526. The van der Waals surface area contributed by atoms with E-state index in [-0.39, 0.29) is 5.91 Å². The molecule has 5 rings (SSSR count). The fourth-order valence-corrected chi connectivity index (χ4v) is 3.74. The minimum absolute atomic E-state index is 0.189. The number of aromatic nitrogens is 3. The van der Waals surface area contributed by atoms with Crippen LogP contribution in [0.4, 0.5) is 5.69 Å². The molecule has 0 spiro atoms. The Morgan fingerprint density at radius 1 is 0.900 bits per heavy atom. The van der Waals surface area contributed by atoms with E-state index in [1.165, 1.54) is 0 Å². The normalized spacial score (nSPS) is 12.4. The molecule has 0 radical (unpaired) electrons. The van der Waals surface area contributed by atoms with Gasteiger partial charge >= 0.3 is 0 Å². The Hall–Kier alpha value is -3.93. The van der Waals surface area contributed by atoms with Crippen molar-refractivity contribution in [2.75, 3.05) is 5.32 Å². The van der Waals surface area contributed by atoms with Crippen molar-refractivity contribution >= 4 is 11.6 Å². The van der Waals surface area contributed by atoms with E-state index in [0.717, 1.165) is 36.2 Å². The second kappa shape index (κ2) is 7.83. The number of nitrogens with zero attached hydrogens (tertiary/aromatic N) is 3. The molecule has 0 bridgehead atoms. The lowest BCUT2D eigenvalue weighted by Crippen LogP contribution is -2.14. The number of para-hydroxylation sites is 1. The topological polar surface area (TPSA) is 69.0 Å². The summed E-state index contributed by atoms with van der Waals surface area (Å²) in [5, 5.41) is 7.61. The van der Waals surface area contributed by atoms with Gasteiger partial charge in [0.2, 0.25) is 0 Å². The van der Waals surface area contributed by atoms with Gasteiger partial charge < -0.3 is 10.1 Å². The Bertz CT molecular complexity index is 1170. The Morgan fingerprint density at radius 3 is 2.40 bits per heavy atom. The van der Waals surface area contributed by atoms with Crippen LogP contribution in [0.15, 0.2) is 79.1 Å². The molecule has 0 saturated heterocycles. The van der Waals surface area contributed by atoms with Crippen LogP contribution in [0.1, 0.15) is 28.2 Å². The van der Waals surface area contributed by atoms with E-state index in [9.17, 15) is 4.79 Å². The first-order chi connectivity index (χ1) is 14.8. The van der Waals surface area contributed by atoms with E-state index in [1.807, 2.05) is 59.3 Å². The summed E-state index contributed by atoms with van der Waals surface area (Å²) >= 11 is 0. The summed E-state index contributed by atoms with van der Waals surface area (Å²) in [6, 6.07) is 20.8. The molecule has 4 aromatic rings. The monoisotopic (exact) mass is 396 g/mol. The zero-order valence-electron chi connectivity index (χ0n) is 16.3. The van der Waals surface area contributed by atoms with Gasteiger partial charge in [-0.25, -0.2) is 4.68 Å². The maximum absolute atomic E-state index is 13.0. The van der Waals surface area contributed by atoms with Crippen LogP contribution in [-0.2, 0) is 12.8 Å². The lowest BCUT2D eigenvalue weighted by molar-refractivity contribution is 0.102. The number of anilines is 1. The van der Waals surface area contributed by atoms with Crippen molar-refractivity contribution in [3.05, 3.63) is 96.1 Å². The van der Waals surface area contributed by atoms with Gasteiger partial charge in [0.1, 0.15) is 11.5 Å². The average molecular weight is 396 g/mol. The molecular weight excluding hydrogens is 376 g/mol.